The molecule has 0 fully saturated rings. The molecular formula is C20H22BrNO3. The van der Waals surface area contributed by atoms with Gasteiger partial charge in [-0.15, -0.1) is 0 Å². The summed E-state index contributed by atoms with van der Waals surface area (Å²) in [6, 6.07) is 10.0. The Morgan fingerprint density at radius 1 is 1.08 bits per heavy atom. The Balaban J connectivity index is 1.78. The van der Waals surface area contributed by atoms with E-state index < -0.39 is 0 Å². The molecule has 0 saturated carbocycles. The topological polar surface area (TPSA) is 39.7 Å². The number of rotatable bonds is 5. The molecule has 2 aromatic carbocycles. The van der Waals surface area contributed by atoms with Crippen LogP contribution < -0.4 is 19.5 Å². The molecule has 0 bridgehead atoms. The minimum atomic E-state index is -0.280. The molecule has 3 rings (SSSR count). The monoisotopic (exact) mass is 403 g/mol. The van der Waals surface area contributed by atoms with Gasteiger partial charge in [0, 0.05) is 28.3 Å². The molecule has 4 nitrogen and oxygen atoms in total. The molecule has 0 atom stereocenters. The Morgan fingerprint density at radius 3 is 2.52 bits per heavy atom. The Kier molecular flexibility index (Phi) is 4.95. The van der Waals surface area contributed by atoms with Gasteiger partial charge >= 0.3 is 0 Å². The van der Waals surface area contributed by atoms with Gasteiger partial charge in [0.1, 0.15) is 11.4 Å². The summed E-state index contributed by atoms with van der Waals surface area (Å²) in [7, 11) is 3.27. The molecule has 0 spiro atoms. The van der Waals surface area contributed by atoms with Crippen LogP contribution in [0.2, 0.25) is 0 Å². The Hall–Kier alpha value is -2.14. The van der Waals surface area contributed by atoms with Crippen molar-refractivity contribution in [2.75, 3.05) is 19.5 Å². The van der Waals surface area contributed by atoms with Gasteiger partial charge in [0.25, 0.3) is 0 Å². The molecule has 5 heteroatoms. The van der Waals surface area contributed by atoms with Crippen molar-refractivity contribution in [3.8, 4) is 17.2 Å². The van der Waals surface area contributed by atoms with Crippen molar-refractivity contribution in [2.45, 2.75) is 26.0 Å². The first-order valence-electron chi connectivity index (χ1n) is 8.08. The number of hydrogen-bond acceptors (Lipinski definition) is 4. The average molecular weight is 404 g/mol. The third-order valence-corrected chi connectivity index (χ3v) is 4.82. The maximum atomic E-state index is 6.03. The average Bonchev–Trinajstić information content (AvgIpc) is 2.59. The van der Waals surface area contributed by atoms with Crippen LogP contribution in [0.25, 0.3) is 6.08 Å². The lowest BCUT2D eigenvalue weighted by atomic mass is 10.0. The first kappa shape index (κ1) is 17.7. The third kappa shape index (κ3) is 3.93. The van der Waals surface area contributed by atoms with Crippen LogP contribution in [0.3, 0.4) is 0 Å². The number of ether oxygens (including phenoxy) is 3. The quantitative estimate of drug-likeness (QED) is 0.738. The van der Waals surface area contributed by atoms with Crippen LogP contribution in [-0.4, -0.2) is 19.8 Å². The van der Waals surface area contributed by atoms with E-state index in [1.165, 1.54) is 0 Å². The second-order valence-electron chi connectivity index (χ2n) is 6.44. The van der Waals surface area contributed by atoms with Crippen LogP contribution in [0.4, 0.5) is 5.69 Å². The van der Waals surface area contributed by atoms with Crippen LogP contribution in [-0.2, 0) is 6.54 Å². The van der Waals surface area contributed by atoms with E-state index in [0.29, 0.717) is 18.0 Å². The molecule has 132 valence electrons. The lowest BCUT2D eigenvalue weighted by Gasteiger charge is -2.28. The van der Waals surface area contributed by atoms with Crippen molar-refractivity contribution >= 4 is 27.7 Å². The molecule has 0 aromatic heterocycles. The van der Waals surface area contributed by atoms with Crippen molar-refractivity contribution in [1.29, 1.82) is 0 Å². The summed E-state index contributed by atoms with van der Waals surface area (Å²) in [5, 5.41) is 3.44. The number of nitrogens with one attached hydrogen (secondary N) is 1. The highest BCUT2D eigenvalue weighted by Crippen LogP contribution is 2.35. The highest BCUT2D eigenvalue weighted by atomic mass is 79.9. The van der Waals surface area contributed by atoms with E-state index in [0.717, 1.165) is 27.0 Å². The predicted octanol–water partition coefficient (Wildman–Crippen LogP) is 5.26. The van der Waals surface area contributed by atoms with E-state index in [1.807, 2.05) is 32.0 Å². The highest BCUT2D eigenvalue weighted by molar-refractivity contribution is 9.10. The summed E-state index contributed by atoms with van der Waals surface area (Å²) in [6.07, 6.45) is 4.18. The zero-order chi connectivity index (χ0) is 18.0. The third-order valence-electron chi connectivity index (χ3n) is 4.09. The number of fused-ring (bicyclic) bond motifs is 1. The second-order valence-corrected chi connectivity index (χ2v) is 7.30. The maximum absolute atomic E-state index is 6.03. The lowest BCUT2D eigenvalue weighted by molar-refractivity contribution is 0.159. The van der Waals surface area contributed by atoms with E-state index in [1.54, 1.807) is 14.2 Å². The van der Waals surface area contributed by atoms with Crippen LogP contribution in [0.5, 0.6) is 17.2 Å². The fraction of sp³-hybridized carbons (Fsp3) is 0.300. The number of halogens is 1. The van der Waals surface area contributed by atoms with Crippen LogP contribution in [0.15, 0.2) is 40.9 Å². The molecule has 0 amide bonds. The van der Waals surface area contributed by atoms with Gasteiger partial charge < -0.3 is 19.5 Å². The van der Waals surface area contributed by atoms with Crippen LogP contribution in [0.1, 0.15) is 25.0 Å². The largest absolute Gasteiger partial charge is 0.493 e. The van der Waals surface area contributed by atoms with Crippen LogP contribution in [0, 0.1) is 0 Å². The lowest BCUT2D eigenvalue weighted by Crippen LogP contribution is -2.27. The normalized spacial score (nSPS) is 14.4. The molecule has 1 heterocycles. The van der Waals surface area contributed by atoms with E-state index in [4.69, 9.17) is 14.2 Å². The fourth-order valence-electron chi connectivity index (χ4n) is 2.71. The van der Waals surface area contributed by atoms with Crippen LogP contribution >= 0.6 is 15.9 Å². The molecule has 25 heavy (non-hydrogen) atoms. The Labute approximate surface area is 156 Å². The Morgan fingerprint density at radius 2 is 1.80 bits per heavy atom. The van der Waals surface area contributed by atoms with E-state index in [2.05, 4.69) is 45.5 Å². The van der Waals surface area contributed by atoms with Gasteiger partial charge in [0.15, 0.2) is 11.5 Å². The van der Waals surface area contributed by atoms with E-state index in [9.17, 15) is 0 Å². The summed E-state index contributed by atoms with van der Waals surface area (Å²) >= 11 is 3.59. The predicted molar refractivity (Wildman–Crippen MR) is 105 cm³/mol. The Bertz CT molecular complexity index is 815. The van der Waals surface area contributed by atoms with Gasteiger partial charge in [-0.3, -0.25) is 0 Å². The zero-order valence-electron chi connectivity index (χ0n) is 14.9. The molecule has 0 radical (unpaired) electrons. The van der Waals surface area contributed by atoms with Gasteiger partial charge in [-0.2, -0.15) is 0 Å². The molecular weight excluding hydrogens is 382 g/mol. The van der Waals surface area contributed by atoms with Crippen molar-refractivity contribution in [3.05, 3.63) is 52.0 Å². The standard InChI is InChI=1S/C20H22BrNO3/c1-20(2)8-7-13-5-6-15(10-17(13)25-20)22-12-14-9-18(23-3)19(24-4)11-16(14)21/h5-11,22H,12H2,1-4H3. The number of anilines is 1. The van der Waals surface area contributed by atoms with Gasteiger partial charge in [0.05, 0.1) is 14.2 Å². The summed E-state index contributed by atoms with van der Waals surface area (Å²) < 4.78 is 17.7. The maximum Gasteiger partial charge on any atom is 0.161 e. The van der Waals surface area contributed by atoms with Crippen molar-refractivity contribution in [2.24, 2.45) is 0 Å². The van der Waals surface area contributed by atoms with Crippen molar-refractivity contribution < 1.29 is 14.2 Å². The van der Waals surface area contributed by atoms with Gasteiger partial charge in [-0.05, 0) is 49.8 Å². The minimum absolute atomic E-state index is 0.280. The van der Waals surface area contributed by atoms with Crippen molar-refractivity contribution in [3.63, 3.8) is 0 Å². The van der Waals surface area contributed by atoms with E-state index >= 15 is 0 Å². The first-order chi connectivity index (χ1) is 11.9. The molecule has 1 N–H and O–H groups in total. The molecule has 0 aliphatic carbocycles. The molecule has 1 aliphatic heterocycles. The summed E-state index contributed by atoms with van der Waals surface area (Å²) in [6.45, 7) is 4.75. The zero-order valence-corrected chi connectivity index (χ0v) is 16.4. The smallest absolute Gasteiger partial charge is 0.161 e. The van der Waals surface area contributed by atoms with Gasteiger partial charge in [0.2, 0.25) is 0 Å². The number of hydrogen-bond donors (Lipinski definition) is 1. The first-order valence-corrected chi connectivity index (χ1v) is 8.88. The fourth-order valence-corrected chi connectivity index (χ4v) is 3.17. The summed E-state index contributed by atoms with van der Waals surface area (Å²) in [4.78, 5) is 0. The minimum Gasteiger partial charge on any atom is -0.493 e. The van der Waals surface area contributed by atoms with Crippen molar-refractivity contribution in [1.82, 2.24) is 0 Å². The van der Waals surface area contributed by atoms with E-state index in [-0.39, 0.29) is 5.60 Å². The molecule has 2 aromatic rings. The highest BCUT2D eigenvalue weighted by Gasteiger charge is 2.21. The number of benzene rings is 2. The second kappa shape index (κ2) is 7.00. The molecule has 0 saturated heterocycles. The summed E-state index contributed by atoms with van der Waals surface area (Å²) in [5.41, 5.74) is 2.90. The number of methoxy groups -OCH3 is 2. The summed E-state index contributed by atoms with van der Waals surface area (Å²) in [5.74, 6) is 2.31. The molecule has 1 aliphatic rings. The van der Waals surface area contributed by atoms with Gasteiger partial charge in [-0.25, -0.2) is 0 Å². The SMILES string of the molecule is COc1cc(Br)c(CNc2ccc3c(c2)OC(C)(C)C=C3)cc1OC. The van der Waals surface area contributed by atoms with Gasteiger partial charge in [-0.1, -0.05) is 22.0 Å². The molecule has 0 unspecified atom stereocenters.